The Hall–Kier alpha value is -1.85. The Morgan fingerprint density at radius 1 is 1.47 bits per heavy atom. The second-order valence-corrected chi connectivity index (χ2v) is 4.25. The van der Waals surface area contributed by atoms with Gasteiger partial charge >= 0.3 is 5.97 Å². The molecule has 0 saturated heterocycles. The molecule has 0 radical (unpaired) electrons. The fourth-order valence-corrected chi connectivity index (χ4v) is 1.70. The van der Waals surface area contributed by atoms with Crippen LogP contribution in [-0.2, 0) is 16.1 Å². The molecule has 0 aliphatic carbocycles. The zero-order valence-electron chi connectivity index (χ0n) is 11.8. The number of aryl methyl sites for hydroxylation is 1. The summed E-state index contributed by atoms with van der Waals surface area (Å²) in [5, 5.41) is 4.07. The van der Waals surface area contributed by atoms with Crippen molar-refractivity contribution in [1.29, 1.82) is 0 Å². The normalized spacial score (nSPS) is 10.3. The third kappa shape index (κ3) is 4.73. The van der Waals surface area contributed by atoms with Crippen LogP contribution in [0.4, 0.5) is 5.69 Å². The lowest BCUT2D eigenvalue weighted by atomic mass is 10.3. The van der Waals surface area contributed by atoms with Crippen LogP contribution in [0.15, 0.2) is 17.1 Å². The van der Waals surface area contributed by atoms with Crippen molar-refractivity contribution in [3.63, 3.8) is 0 Å². The predicted octanol–water partition coefficient (Wildman–Crippen LogP) is 1.04. The van der Waals surface area contributed by atoms with Crippen LogP contribution < -0.4 is 10.5 Å². The Morgan fingerprint density at radius 2 is 2.21 bits per heavy atom. The molecule has 0 amide bonds. The fraction of sp³-hybridized carbons (Fsp3) is 0.615. The first-order valence-corrected chi connectivity index (χ1v) is 6.52. The number of rotatable bonds is 7. The summed E-state index contributed by atoms with van der Waals surface area (Å²) in [4.78, 5) is 25.0. The lowest BCUT2D eigenvalue weighted by Gasteiger charge is -2.17. The quantitative estimate of drug-likeness (QED) is 0.691. The number of carbonyl (C=O) groups excluding carboxylic acids is 1. The number of hydrogen-bond acceptors (Lipinski definition) is 5. The highest BCUT2D eigenvalue weighted by Gasteiger charge is 2.06. The lowest BCUT2D eigenvalue weighted by Crippen LogP contribution is -2.27. The minimum absolute atomic E-state index is 0.158. The van der Waals surface area contributed by atoms with Gasteiger partial charge in [0.1, 0.15) is 0 Å². The monoisotopic (exact) mass is 267 g/mol. The predicted molar refractivity (Wildman–Crippen MR) is 73.3 cm³/mol. The van der Waals surface area contributed by atoms with Gasteiger partial charge in [-0.3, -0.25) is 9.59 Å². The van der Waals surface area contributed by atoms with Crippen LogP contribution in [0.3, 0.4) is 0 Å². The van der Waals surface area contributed by atoms with E-state index in [9.17, 15) is 9.59 Å². The molecule has 6 nitrogen and oxygen atoms in total. The minimum Gasteiger partial charge on any atom is -0.466 e. The Labute approximate surface area is 113 Å². The molecule has 1 aromatic heterocycles. The number of carbonyl (C=O) groups is 1. The topological polar surface area (TPSA) is 64.4 Å². The SMILES string of the molecule is CCCN(C)c1cnn(CCC(=O)OCC)c(=O)c1. The Kier molecular flexibility index (Phi) is 6.05. The van der Waals surface area contributed by atoms with Gasteiger partial charge in [-0.15, -0.1) is 0 Å². The highest BCUT2D eigenvalue weighted by molar-refractivity contribution is 5.69. The summed E-state index contributed by atoms with van der Waals surface area (Å²) in [7, 11) is 1.92. The molecule has 0 spiro atoms. The van der Waals surface area contributed by atoms with Crippen LogP contribution in [0.1, 0.15) is 26.7 Å². The number of hydrogen-bond donors (Lipinski definition) is 0. The molecule has 0 atom stereocenters. The molecule has 0 unspecified atom stereocenters. The zero-order valence-corrected chi connectivity index (χ0v) is 11.8. The van der Waals surface area contributed by atoms with Crippen molar-refractivity contribution in [3.05, 3.63) is 22.6 Å². The molecule has 6 heteroatoms. The smallest absolute Gasteiger partial charge is 0.307 e. The van der Waals surface area contributed by atoms with Gasteiger partial charge in [0.15, 0.2) is 0 Å². The second kappa shape index (κ2) is 7.56. The molecular formula is C13H21N3O3. The summed E-state index contributed by atoms with van der Waals surface area (Å²) < 4.78 is 6.09. The standard InChI is InChI=1S/C13H21N3O3/c1-4-7-15(3)11-9-12(17)16(14-10-11)8-6-13(18)19-5-2/h9-10H,4-8H2,1-3H3. The molecular weight excluding hydrogens is 246 g/mol. The van der Waals surface area contributed by atoms with Gasteiger partial charge in [-0.1, -0.05) is 6.92 Å². The molecule has 0 aliphatic rings. The number of ether oxygens (including phenoxy) is 1. The van der Waals surface area contributed by atoms with E-state index in [1.807, 2.05) is 11.9 Å². The largest absolute Gasteiger partial charge is 0.466 e. The molecule has 19 heavy (non-hydrogen) atoms. The first-order valence-electron chi connectivity index (χ1n) is 6.52. The van der Waals surface area contributed by atoms with E-state index in [4.69, 9.17) is 4.74 Å². The van der Waals surface area contributed by atoms with Gasteiger partial charge in [0.2, 0.25) is 0 Å². The van der Waals surface area contributed by atoms with Gasteiger partial charge in [-0.25, -0.2) is 4.68 Å². The number of nitrogens with zero attached hydrogens (tertiary/aromatic N) is 3. The van der Waals surface area contributed by atoms with E-state index in [0.717, 1.165) is 18.7 Å². The molecule has 0 aliphatic heterocycles. The van der Waals surface area contributed by atoms with E-state index >= 15 is 0 Å². The van der Waals surface area contributed by atoms with Crippen LogP contribution in [0.5, 0.6) is 0 Å². The lowest BCUT2D eigenvalue weighted by molar-refractivity contribution is -0.143. The van der Waals surface area contributed by atoms with Crippen molar-refractivity contribution in [2.75, 3.05) is 25.1 Å². The van der Waals surface area contributed by atoms with Crippen LogP contribution >= 0.6 is 0 Å². The van der Waals surface area contributed by atoms with E-state index < -0.39 is 0 Å². The van der Waals surface area contributed by atoms with Gasteiger partial charge in [-0.2, -0.15) is 5.10 Å². The van der Waals surface area contributed by atoms with Gasteiger partial charge in [-0.05, 0) is 13.3 Å². The summed E-state index contributed by atoms with van der Waals surface area (Å²) >= 11 is 0. The molecule has 0 fully saturated rings. The highest BCUT2D eigenvalue weighted by Crippen LogP contribution is 2.07. The Bertz CT molecular complexity index is 470. The molecule has 0 saturated carbocycles. The summed E-state index contributed by atoms with van der Waals surface area (Å²) in [6.45, 7) is 5.29. The summed E-state index contributed by atoms with van der Waals surface area (Å²) in [5.74, 6) is -0.316. The number of anilines is 1. The third-order valence-corrected chi connectivity index (χ3v) is 2.69. The van der Waals surface area contributed by atoms with Crippen molar-refractivity contribution in [3.8, 4) is 0 Å². The van der Waals surface area contributed by atoms with Crippen molar-refractivity contribution in [2.45, 2.75) is 33.2 Å². The van der Waals surface area contributed by atoms with Crippen LogP contribution in [-0.4, -0.2) is 35.9 Å². The van der Waals surface area contributed by atoms with Gasteiger partial charge < -0.3 is 9.64 Å². The molecule has 1 rings (SSSR count). The van der Waals surface area contributed by atoms with Crippen molar-refractivity contribution in [1.82, 2.24) is 9.78 Å². The van der Waals surface area contributed by atoms with Crippen molar-refractivity contribution < 1.29 is 9.53 Å². The van der Waals surface area contributed by atoms with Gasteiger partial charge in [0.25, 0.3) is 5.56 Å². The number of aromatic nitrogens is 2. The molecule has 1 aromatic rings. The summed E-state index contributed by atoms with van der Waals surface area (Å²) in [5.41, 5.74) is 0.587. The maximum absolute atomic E-state index is 11.8. The minimum atomic E-state index is -0.316. The van der Waals surface area contributed by atoms with Crippen molar-refractivity contribution in [2.24, 2.45) is 0 Å². The zero-order chi connectivity index (χ0) is 14.3. The fourth-order valence-electron chi connectivity index (χ4n) is 1.70. The third-order valence-electron chi connectivity index (χ3n) is 2.69. The highest BCUT2D eigenvalue weighted by atomic mass is 16.5. The maximum Gasteiger partial charge on any atom is 0.307 e. The average molecular weight is 267 g/mol. The van der Waals surface area contributed by atoms with Gasteiger partial charge in [0.05, 0.1) is 31.5 Å². The Balaban J connectivity index is 2.67. The first-order chi connectivity index (χ1) is 9.08. The van der Waals surface area contributed by atoms with Crippen LogP contribution in [0, 0.1) is 0 Å². The summed E-state index contributed by atoms with van der Waals surface area (Å²) in [6, 6.07) is 1.54. The second-order valence-electron chi connectivity index (χ2n) is 4.25. The first kappa shape index (κ1) is 15.2. The molecule has 0 aromatic carbocycles. The molecule has 106 valence electrons. The number of esters is 1. The Morgan fingerprint density at radius 3 is 2.79 bits per heavy atom. The van der Waals surface area contributed by atoms with Crippen molar-refractivity contribution >= 4 is 11.7 Å². The maximum atomic E-state index is 11.8. The molecule has 0 bridgehead atoms. The molecule has 1 heterocycles. The van der Waals surface area contributed by atoms with E-state index in [2.05, 4.69) is 12.0 Å². The van der Waals surface area contributed by atoms with Gasteiger partial charge in [0, 0.05) is 19.7 Å². The van der Waals surface area contributed by atoms with Crippen LogP contribution in [0.2, 0.25) is 0 Å². The summed E-state index contributed by atoms with van der Waals surface area (Å²) in [6.07, 6.45) is 2.80. The van der Waals surface area contributed by atoms with E-state index in [0.29, 0.717) is 6.61 Å². The van der Waals surface area contributed by atoms with E-state index in [1.54, 1.807) is 13.1 Å². The van der Waals surface area contributed by atoms with E-state index in [1.165, 1.54) is 10.7 Å². The van der Waals surface area contributed by atoms with Crippen LogP contribution in [0.25, 0.3) is 0 Å². The molecule has 0 N–H and O–H groups in total. The average Bonchev–Trinajstić information content (AvgIpc) is 2.38. The van der Waals surface area contributed by atoms with E-state index in [-0.39, 0.29) is 24.5 Å².